The zero-order valence-electron chi connectivity index (χ0n) is 14.2. The molecule has 116 valence electrons. The Hall–Kier alpha value is -3.11. The first-order valence-corrected chi connectivity index (χ1v) is 7.91. The van der Waals surface area contributed by atoms with E-state index in [4.69, 9.17) is 13.1 Å². The quantitative estimate of drug-likeness (QED) is 0.333. The highest BCUT2D eigenvalue weighted by Crippen LogP contribution is 2.38. The summed E-state index contributed by atoms with van der Waals surface area (Å²) < 4.78 is 4.40. The normalized spacial score (nSPS) is 11.9. The van der Waals surface area contributed by atoms with Gasteiger partial charge in [0.15, 0.2) is 17.9 Å². The van der Waals surface area contributed by atoms with Gasteiger partial charge in [-0.15, -0.1) is 9.36 Å². The van der Waals surface area contributed by atoms with Crippen LogP contribution >= 0.6 is 0 Å². The van der Waals surface area contributed by atoms with E-state index >= 15 is 0 Å². The van der Waals surface area contributed by atoms with E-state index in [0.29, 0.717) is 11.4 Å². The second-order valence-electron chi connectivity index (χ2n) is 6.49. The monoisotopic (exact) mass is 313 g/mol. The van der Waals surface area contributed by atoms with Crippen LogP contribution in [-0.2, 0) is 6.54 Å². The molecule has 0 atom stereocenters. The zero-order chi connectivity index (χ0) is 17.2. The molecule has 2 aromatic carbocycles. The minimum Gasteiger partial charge on any atom is -0.250 e. The van der Waals surface area contributed by atoms with Crippen molar-refractivity contribution in [1.82, 2.24) is 4.68 Å². The molecule has 0 radical (unpaired) electrons. The summed E-state index contributed by atoms with van der Waals surface area (Å²) in [5.41, 5.74) is 9.76. The van der Waals surface area contributed by atoms with Crippen LogP contribution in [0.3, 0.4) is 0 Å². The standard InChI is InChI=1S/C20H17N4/c1-11-12(2)14(4)20-16(13(11)3)10-23-9-15-7-17(21-5)18(22-6)8-19(15)24(20)23/h7-9H,10H2,1-4H3/q+1. The molecule has 0 N–H and O–H groups in total. The van der Waals surface area contributed by atoms with E-state index in [1.165, 1.54) is 33.5 Å². The molecule has 1 aliphatic rings. The minimum absolute atomic E-state index is 0.422. The van der Waals surface area contributed by atoms with Gasteiger partial charge in [-0.2, -0.15) is 0 Å². The summed E-state index contributed by atoms with van der Waals surface area (Å²) >= 11 is 0. The summed E-state index contributed by atoms with van der Waals surface area (Å²) in [6.45, 7) is 24.2. The Kier molecular flexibility index (Phi) is 2.83. The van der Waals surface area contributed by atoms with Gasteiger partial charge in [0, 0.05) is 0 Å². The van der Waals surface area contributed by atoms with E-state index in [2.05, 4.69) is 52.9 Å². The number of hydrogen-bond acceptors (Lipinski definition) is 0. The lowest BCUT2D eigenvalue weighted by Crippen LogP contribution is -2.36. The van der Waals surface area contributed by atoms with Crippen LogP contribution in [-0.4, -0.2) is 4.68 Å². The van der Waals surface area contributed by atoms with Gasteiger partial charge in [0.25, 0.3) is 0 Å². The second-order valence-corrected chi connectivity index (χ2v) is 6.49. The lowest BCUT2D eigenvalue weighted by atomic mass is 9.92. The van der Waals surface area contributed by atoms with Gasteiger partial charge in [0.1, 0.15) is 11.2 Å². The van der Waals surface area contributed by atoms with Gasteiger partial charge in [-0.05, 0) is 56.0 Å². The van der Waals surface area contributed by atoms with Crippen LogP contribution < -0.4 is 4.68 Å². The van der Waals surface area contributed by atoms with Crippen molar-refractivity contribution >= 4 is 22.3 Å². The lowest BCUT2D eigenvalue weighted by molar-refractivity contribution is -0.749. The van der Waals surface area contributed by atoms with E-state index in [9.17, 15) is 0 Å². The van der Waals surface area contributed by atoms with Gasteiger partial charge < -0.3 is 0 Å². The summed E-state index contributed by atoms with van der Waals surface area (Å²) in [4.78, 5) is 7.03. The highest BCUT2D eigenvalue weighted by atomic mass is 15.4. The first-order chi connectivity index (χ1) is 11.5. The Morgan fingerprint density at radius 2 is 1.54 bits per heavy atom. The molecule has 4 heteroatoms. The minimum atomic E-state index is 0.422. The van der Waals surface area contributed by atoms with Gasteiger partial charge in [0.2, 0.25) is 6.20 Å². The molecule has 0 saturated heterocycles. The third-order valence-electron chi connectivity index (χ3n) is 5.45. The predicted molar refractivity (Wildman–Crippen MR) is 94.0 cm³/mol. The highest BCUT2D eigenvalue weighted by Gasteiger charge is 2.32. The molecule has 0 aliphatic carbocycles. The van der Waals surface area contributed by atoms with E-state index in [-0.39, 0.29) is 0 Å². The van der Waals surface area contributed by atoms with Gasteiger partial charge >= 0.3 is 0 Å². The summed E-state index contributed by atoms with van der Waals surface area (Å²) in [6.07, 6.45) is 2.08. The maximum Gasteiger partial charge on any atom is 0.202 e. The number of hydrogen-bond donors (Lipinski definition) is 0. The first-order valence-electron chi connectivity index (χ1n) is 7.91. The van der Waals surface area contributed by atoms with Crippen molar-refractivity contribution in [3.63, 3.8) is 0 Å². The summed E-state index contributed by atoms with van der Waals surface area (Å²) in [6, 6.07) is 3.68. The Labute approximate surface area is 141 Å². The fourth-order valence-electron chi connectivity index (χ4n) is 3.78. The molecule has 2 heterocycles. The molecular formula is C20H17N4+. The van der Waals surface area contributed by atoms with E-state index < -0.39 is 0 Å². The van der Waals surface area contributed by atoms with Crippen LogP contribution in [0, 0.1) is 40.8 Å². The molecule has 4 nitrogen and oxygen atoms in total. The zero-order valence-corrected chi connectivity index (χ0v) is 14.2. The summed E-state index contributed by atoms with van der Waals surface area (Å²) in [5.74, 6) is 0. The SMILES string of the molecule is [C-]#[N+]c1cc2c[n+]3n(c2cc1[N+]#[C-])-c1c(C)c(C)c(C)c(C)c1C3. The van der Waals surface area contributed by atoms with Crippen LogP contribution in [0.2, 0.25) is 0 Å². The third kappa shape index (κ3) is 1.63. The topological polar surface area (TPSA) is 17.5 Å². The summed E-state index contributed by atoms with van der Waals surface area (Å²) in [5, 5.41) is 1.01. The molecule has 0 amide bonds. The van der Waals surface area contributed by atoms with Crippen LogP contribution in [0.25, 0.3) is 26.3 Å². The van der Waals surface area contributed by atoms with E-state index in [1.54, 1.807) is 0 Å². The van der Waals surface area contributed by atoms with E-state index in [0.717, 1.165) is 17.4 Å². The summed E-state index contributed by atoms with van der Waals surface area (Å²) in [7, 11) is 0. The molecule has 24 heavy (non-hydrogen) atoms. The molecule has 1 aromatic heterocycles. The lowest BCUT2D eigenvalue weighted by Gasteiger charge is -2.13. The maximum absolute atomic E-state index is 7.36. The molecule has 0 fully saturated rings. The fraction of sp³-hybridized carbons (Fsp3) is 0.250. The fourth-order valence-corrected chi connectivity index (χ4v) is 3.78. The second kappa shape index (κ2) is 4.69. The smallest absolute Gasteiger partial charge is 0.202 e. The Morgan fingerprint density at radius 1 is 0.917 bits per heavy atom. The molecule has 0 bridgehead atoms. The number of aromatic nitrogens is 2. The Balaban J connectivity index is 2.13. The number of fused-ring (bicyclic) bond motifs is 5. The van der Waals surface area contributed by atoms with Crippen molar-refractivity contribution in [1.29, 1.82) is 0 Å². The molecule has 0 spiro atoms. The van der Waals surface area contributed by atoms with Crippen LogP contribution in [0.4, 0.5) is 11.4 Å². The van der Waals surface area contributed by atoms with Gasteiger partial charge in [0.05, 0.1) is 24.1 Å². The molecule has 0 unspecified atom stereocenters. The van der Waals surface area contributed by atoms with Gasteiger partial charge in [-0.25, -0.2) is 0 Å². The van der Waals surface area contributed by atoms with Gasteiger partial charge in [-0.1, -0.05) is 6.07 Å². The van der Waals surface area contributed by atoms with Gasteiger partial charge in [-0.3, -0.25) is 9.69 Å². The van der Waals surface area contributed by atoms with Crippen LogP contribution in [0.1, 0.15) is 27.8 Å². The highest BCUT2D eigenvalue weighted by molar-refractivity contribution is 5.91. The first kappa shape index (κ1) is 14.5. The average molecular weight is 313 g/mol. The maximum atomic E-state index is 7.36. The number of rotatable bonds is 0. The van der Waals surface area contributed by atoms with E-state index in [1.807, 2.05) is 12.1 Å². The Bertz CT molecular complexity index is 1130. The number of nitrogens with zero attached hydrogens (tertiary/aromatic N) is 4. The van der Waals surface area contributed by atoms with Crippen molar-refractivity contribution in [2.24, 2.45) is 0 Å². The van der Waals surface area contributed by atoms with Crippen molar-refractivity contribution in [2.75, 3.05) is 0 Å². The van der Waals surface area contributed by atoms with Crippen molar-refractivity contribution in [3.8, 4) is 5.69 Å². The largest absolute Gasteiger partial charge is 0.250 e. The van der Waals surface area contributed by atoms with Crippen LogP contribution in [0.5, 0.6) is 0 Å². The molecule has 0 saturated carbocycles. The van der Waals surface area contributed by atoms with Crippen LogP contribution in [0.15, 0.2) is 18.3 Å². The Morgan fingerprint density at radius 3 is 2.21 bits per heavy atom. The molecule has 3 aromatic rings. The van der Waals surface area contributed by atoms with Crippen molar-refractivity contribution in [2.45, 2.75) is 34.2 Å². The van der Waals surface area contributed by atoms with Crippen molar-refractivity contribution < 1.29 is 4.68 Å². The predicted octanol–water partition coefficient (Wildman–Crippen LogP) is 4.61. The molecular weight excluding hydrogens is 296 g/mol. The van der Waals surface area contributed by atoms with Crippen molar-refractivity contribution in [3.05, 3.63) is 69.0 Å². The average Bonchev–Trinajstić information content (AvgIpc) is 3.12. The number of benzene rings is 2. The molecule has 1 aliphatic heterocycles. The molecule has 4 rings (SSSR count). The third-order valence-corrected chi connectivity index (χ3v) is 5.45.